The van der Waals surface area contributed by atoms with Crippen molar-refractivity contribution in [3.8, 4) is 0 Å². The van der Waals surface area contributed by atoms with Crippen molar-refractivity contribution in [3.63, 3.8) is 0 Å². The Labute approximate surface area is 103 Å². The highest BCUT2D eigenvalue weighted by atomic mass is 79.9. The average Bonchev–Trinajstić information content (AvgIpc) is 2.99. The summed E-state index contributed by atoms with van der Waals surface area (Å²) in [6.45, 7) is 1.56. The largest absolute Gasteiger partial charge is 0.228 e. The molecule has 1 unspecified atom stereocenters. The molecule has 0 aliphatic heterocycles. The lowest BCUT2D eigenvalue weighted by Gasteiger charge is -2.13. The average molecular weight is 307 g/mol. The Hall–Kier alpha value is -0.420. The fourth-order valence-electron chi connectivity index (χ4n) is 1.69. The van der Waals surface area contributed by atoms with Crippen molar-refractivity contribution < 1.29 is 12.8 Å². The van der Waals surface area contributed by atoms with E-state index >= 15 is 0 Å². The molecule has 0 aromatic heterocycles. The van der Waals surface area contributed by atoms with Crippen LogP contribution >= 0.6 is 15.9 Å². The zero-order valence-electron chi connectivity index (χ0n) is 8.78. The summed E-state index contributed by atoms with van der Waals surface area (Å²) in [5, 5.41) is -1.02. The minimum atomic E-state index is -3.21. The maximum Gasteiger partial charge on any atom is 0.159 e. The van der Waals surface area contributed by atoms with Crippen molar-refractivity contribution in [2.45, 2.75) is 30.3 Å². The number of sulfone groups is 1. The van der Waals surface area contributed by atoms with Gasteiger partial charge in [-0.3, -0.25) is 0 Å². The molecule has 1 fully saturated rings. The Bertz CT molecular complexity index is 509. The third-order valence-electron chi connectivity index (χ3n) is 2.88. The molecule has 0 radical (unpaired) electrons. The fraction of sp³-hybridized carbons (Fsp3) is 0.455. The van der Waals surface area contributed by atoms with Gasteiger partial charge in [0.1, 0.15) is 5.82 Å². The quantitative estimate of drug-likeness (QED) is 0.859. The van der Waals surface area contributed by atoms with Crippen molar-refractivity contribution in [1.82, 2.24) is 0 Å². The van der Waals surface area contributed by atoms with E-state index in [1.165, 1.54) is 12.1 Å². The molecular weight excluding hydrogens is 295 g/mol. The summed E-state index contributed by atoms with van der Waals surface area (Å²) in [6, 6.07) is 4.50. The summed E-state index contributed by atoms with van der Waals surface area (Å²) in [4.78, 5) is 0. The number of halogens is 2. The van der Waals surface area contributed by atoms with Gasteiger partial charge in [0, 0.05) is 10.0 Å². The molecule has 1 aliphatic rings. The molecule has 1 aliphatic carbocycles. The first-order valence-corrected chi connectivity index (χ1v) is 7.51. The van der Waals surface area contributed by atoms with Gasteiger partial charge in [-0.1, -0.05) is 22.0 Å². The van der Waals surface area contributed by atoms with Gasteiger partial charge in [-0.15, -0.1) is 0 Å². The van der Waals surface area contributed by atoms with Gasteiger partial charge < -0.3 is 0 Å². The maximum absolute atomic E-state index is 13.6. The number of benzene rings is 1. The standard InChI is InChI=1S/C11H12BrFO2S/c1-7(16(14,15)9-3-4-9)10-5-2-8(12)6-11(10)13/h2,5-7,9H,3-4H2,1H3. The van der Waals surface area contributed by atoms with Gasteiger partial charge in [0.05, 0.1) is 10.5 Å². The smallest absolute Gasteiger partial charge is 0.159 e. The predicted molar refractivity (Wildman–Crippen MR) is 64.5 cm³/mol. The van der Waals surface area contributed by atoms with Crippen molar-refractivity contribution in [2.24, 2.45) is 0 Å². The van der Waals surface area contributed by atoms with Gasteiger partial charge in [0.2, 0.25) is 0 Å². The second-order valence-corrected chi connectivity index (χ2v) is 7.56. The summed E-state index contributed by atoms with van der Waals surface area (Å²) in [7, 11) is -3.21. The lowest BCUT2D eigenvalue weighted by Crippen LogP contribution is -2.16. The van der Waals surface area contributed by atoms with Crippen molar-refractivity contribution in [3.05, 3.63) is 34.1 Å². The minimum Gasteiger partial charge on any atom is -0.228 e. The molecule has 1 saturated carbocycles. The molecule has 1 aromatic carbocycles. The van der Waals surface area contributed by atoms with Crippen LogP contribution < -0.4 is 0 Å². The Kier molecular flexibility index (Phi) is 3.09. The van der Waals surface area contributed by atoms with Crippen LogP contribution in [0, 0.1) is 5.82 Å². The van der Waals surface area contributed by atoms with Crippen LogP contribution in [0.5, 0.6) is 0 Å². The van der Waals surface area contributed by atoms with Crippen molar-refractivity contribution in [1.29, 1.82) is 0 Å². The van der Waals surface area contributed by atoms with Crippen molar-refractivity contribution >= 4 is 25.8 Å². The van der Waals surface area contributed by atoms with E-state index in [4.69, 9.17) is 0 Å². The molecule has 0 bridgehead atoms. The lowest BCUT2D eigenvalue weighted by atomic mass is 10.1. The first kappa shape index (κ1) is 12.0. The number of hydrogen-bond donors (Lipinski definition) is 0. The molecule has 16 heavy (non-hydrogen) atoms. The molecule has 0 amide bonds. The van der Waals surface area contributed by atoms with E-state index in [0.29, 0.717) is 17.3 Å². The van der Waals surface area contributed by atoms with Gasteiger partial charge in [-0.25, -0.2) is 12.8 Å². The van der Waals surface area contributed by atoms with Crippen molar-refractivity contribution in [2.75, 3.05) is 0 Å². The van der Waals surface area contributed by atoms with Crippen LogP contribution in [0.15, 0.2) is 22.7 Å². The second-order valence-electron chi connectivity index (χ2n) is 4.10. The van der Waals surface area contributed by atoms with E-state index in [1.807, 2.05) is 0 Å². The van der Waals surface area contributed by atoms with Gasteiger partial charge >= 0.3 is 0 Å². The molecule has 2 rings (SSSR count). The van der Waals surface area contributed by atoms with Crippen LogP contribution in [0.3, 0.4) is 0 Å². The number of rotatable bonds is 3. The first-order chi connectivity index (χ1) is 7.43. The summed E-state index contributed by atoms with van der Waals surface area (Å²) >= 11 is 3.15. The third-order valence-corrected chi connectivity index (χ3v) is 6.02. The molecule has 2 nitrogen and oxygen atoms in total. The second kappa shape index (κ2) is 4.11. The van der Waals surface area contributed by atoms with Crippen LogP contribution in [0.2, 0.25) is 0 Å². The highest BCUT2D eigenvalue weighted by Crippen LogP contribution is 2.38. The minimum absolute atomic E-state index is 0.259. The number of hydrogen-bond acceptors (Lipinski definition) is 2. The molecule has 0 saturated heterocycles. The van der Waals surface area contributed by atoms with Gasteiger partial charge in [-0.05, 0) is 31.9 Å². The van der Waals surface area contributed by atoms with Crippen LogP contribution in [0.1, 0.15) is 30.6 Å². The molecule has 0 spiro atoms. The van der Waals surface area contributed by atoms with Crippen LogP contribution in [0.4, 0.5) is 4.39 Å². The van der Waals surface area contributed by atoms with Gasteiger partial charge in [0.15, 0.2) is 9.84 Å². The normalized spacial score (nSPS) is 18.4. The summed E-state index contributed by atoms with van der Waals surface area (Å²) in [5.74, 6) is -0.467. The van der Waals surface area contributed by atoms with E-state index in [2.05, 4.69) is 15.9 Å². The summed E-state index contributed by atoms with van der Waals surface area (Å²) in [5.41, 5.74) is 0.259. The lowest BCUT2D eigenvalue weighted by molar-refractivity contribution is 0.572. The Balaban J connectivity index is 2.37. The zero-order valence-corrected chi connectivity index (χ0v) is 11.2. The van der Waals surface area contributed by atoms with E-state index in [9.17, 15) is 12.8 Å². The molecule has 0 N–H and O–H groups in total. The Morgan fingerprint density at radius 1 is 1.44 bits per heavy atom. The fourth-order valence-corrected chi connectivity index (χ4v) is 3.94. The van der Waals surface area contributed by atoms with Crippen LogP contribution in [0.25, 0.3) is 0 Å². The van der Waals surface area contributed by atoms with E-state index in [1.54, 1.807) is 13.0 Å². The maximum atomic E-state index is 13.6. The van der Waals surface area contributed by atoms with Crippen LogP contribution in [-0.2, 0) is 9.84 Å². The topological polar surface area (TPSA) is 34.1 Å². The monoisotopic (exact) mass is 306 g/mol. The van der Waals surface area contributed by atoms with E-state index in [0.717, 1.165) is 0 Å². The molecule has 5 heteroatoms. The molecule has 0 heterocycles. The molecular formula is C11H12BrFO2S. The summed E-state index contributed by atoms with van der Waals surface area (Å²) < 4.78 is 38.1. The third kappa shape index (κ3) is 2.15. The SMILES string of the molecule is CC(c1ccc(Br)cc1F)S(=O)(=O)C1CC1. The highest BCUT2D eigenvalue weighted by Gasteiger charge is 2.40. The molecule has 1 atom stereocenters. The molecule has 88 valence electrons. The zero-order chi connectivity index (χ0) is 11.9. The molecule has 1 aromatic rings. The van der Waals surface area contributed by atoms with Crippen LogP contribution in [-0.4, -0.2) is 13.7 Å². The van der Waals surface area contributed by atoms with E-state index < -0.39 is 20.9 Å². The first-order valence-electron chi connectivity index (χ1n) is 5.10. The van der Waals surface area contributed by atoms with Gasteiger partial charge in [0.25, 0.3) is 0 Å². The Morgan fingerprint density at radius 2 is 2.06 bits per heavy atom. The van der Waals surface area contributed by atoms with Gasteiger partial charge in [-0.2, -0.15) is 0 Å². The van der Waals surface area contributed by atoms with E-state index in [-0.39, 0.29) is 10.8 Å². The highest BCUT2D eigenvalue weighted by molar-refractivity contribution is 9.10. The predicted octanol–water partition coefficient (Wildman–Crippen LogP) is 3.23. The Morgan fingerprint density at radius 3 is 2.56 bits per heavy atom. The summed E-state index contributed by atoms with van der Waals surface area (Å²) in [6.07, 6.45) is 1.43.